The lowest BCUT2D eigenvalue weighted by Crippen LogP contribution is -2.41. The van der Waals surface area contributed by atoms with Crippen LogP contribution in [0.5, 0.6) is 0 Å². The normalized spacial score (nSPS) is 20.4. The van der Waals surface area contributed by atoms with Crippen LogP contribution in [0, 0.1) is 11.8 Å². The van der Waals surface area contributed by atoms with Gasteiger partial charge in [0.2, 0.25) is 5.91 Å². The Labute approximate surface area is 144 Å². The second-order valence-corrected chi connectivity index (χ2v) is 5.95. The Hall–Kier alpha value is -1.18. The third-order valence-corrected chi connectivity index (χ3v) is 3.88. The topological polar surface area (TPSA) is 74.3 Å². The van der Waals surface area contributed by atoms with Gasteiger partial charge in [-0.1, -0.05) is 13.8 Å². The Morgan fingerprint density at radius 3 is 1.92 bits per heavy atom. The van der Waals surface area contributed by atoms with Gasteiger partial charge in [0, 0.05) is 19.0 Å². The molecule has 2 atom stereocenters. The molecular formula is C17H31NO6. The molecular weight excluding hydrogens is 314 g/mol. The molecule has 0 bridgehead atoms. The van der Waals surface area contributed by atoms with Crippen molar-refractivity contribution in [1.82, 2.24) is 4.90 Å². The van der Waals surface area contributed by atoms with Crippen LogP contribution < -0.4 is 0 Å². The van der Waals surface area contributed by atoms with Crippen molar-refractivity contribution in [2.75, 3.05) is 59.3 Å². The van der Waals surface area contributed by atoms with Gasteiger partial charge in [0.1, 0.15) is 0 Å². The minimum Gasteiger partial charge on any atom is -0.466 e. The quantitative estimate of drug-likeness (QED) is 0.695. The summed E-state index contributed by atoms with van der Waals surface area (Å²) in [6.07, 6.45) is 0.476. The number of hydrogen-bond acceptors (Lipinski definition) is 6. The zero-order valence-corrected chi connectivity index (χ0v) is 15.1. The molecule has 1 heterocycles. The van der Waals surface area contributed by atoms with Crippen LogP contribution in [0.25, 0.3) is 0 Å². The van der Waals surface area contributed by atoms with Crippen molar-refractivity contribution in [3.05, 3.63) is 0 Å². The maximum Gasteiger partial charge on any atom is 0.308 e. The number of nitrogens with zero attached hydrogens (tertiary/aromatic N) is 1. The van der Waals surface area contributed by atoms with Crippen LogP contribution in [0.1, 0.15) is 27.2 Å². The number of hydrogen-bond donors (Lipinski definition) is 0. The van der Waals surface area contributed by atoms with Gasteiger partial charge in [0.25, 0.3) is 0 Å². The molecule has 1 saturated heterocycles. The van der Waals surface area contributed by atoms with Crippen LogP contribution in [0.15, 0.2) is 0 Å². The van der Waals surface area contributed by atoms with Crippen molar-refractivity contribution < 1.29 is 28.5 Å². The van der Waals surface area contributed by atoms with E-state index in [4.69, 9.17) is 18.9 Å². The summed E-state index contributed by atoms with van der Waals surface area (Å²) in [5.41, 5.74) is 0. The molecule has 0 aromatic heterocycles. The Morgan fingerprint density at radius 1 is 0.917 bits per heavy atom. The first kappa shape index (κ1) is 20.9. The fourth-order valence-electron chi connectivity index (χ4n) is 2.55. The molecule has 7 heteroatoms. The Morgan fingerprint density at radius 2 is 1.42 bits per heavy atom. The number of rotatable bonds is 5. The number of ether oxygens (including phenoxy) is 4. The van der Waals surface area contributed by atoms with Gasteiger partial charge in [-0.3, -0.25) is 9.59 Å². The molecule has 1 aliphatic rings. The summed E-state index contributed by atoms with van der Waals surface area (Å²) in [6.45, 7) is 9.83. The van der Waals surface area contributed by atoms with Crippen LogP contribution in [0.3, 0.4) is 0 Å². The summed E-state index contributed by atoms with van der Waals surface area (Å²) < 4.78 is 21.3. The smallest absolute Gasteiger partial charge is 0.308 e. The fourth-order valence-corrected chi connectivity index (χ4v) is 2.55. The molecule has 0 unspecified atom stereocenters. The molecule has 1 aliphatic heterocycles. The number of carbonyl (C=O) groups is 2. The summed E-state index contributed by atoms with van der Waals surface area (Å²) in [5.74, 6) is -0.772. The molecule has 140 valence electrons. The first-order valence-corrected chi connectivity index (χ1v) is 8.74. The molecule has 0 radical (unpaired) electrons. The van der Waals surface area contributed by atoms with E-state index in [0.717, 1.165) is 0 Å². The second-order valence-electron chi connectivity index (χ2n) is 5.95. The van der Waals surface area contributed by atoms with Gasteiger partial charge in [-0.15, -0.1) is 0 Å². The van der Waals surface area contributed by atoms with Gasteiger partial charge < -0.3 is 23.8 Å². The van der Waals surface area contributed by atoms with E-state index in [1.807, 2.05) is 6.92 Å². The molecule has 1 rings (SSSR count). The summed E-state index contributed by atoms with van der Waals surface area (Å²) in [4.78, 5) is 26.2. The van der Waals surface area contributed by atoms with E-state index in [9.17, 15) is 9.59 Å². The van der Waals surface area contributed by atoms with Gasteiger partial charge >= 0.3 is 5.97 Å². The zero-order chi connectivity index (χ0) is 17.8. The molecule has 0 aliphatic carbocycles. The molecule has 0 saturated carbocycles. The van der Waals surface area contributed by atoms with Crippen molar-refractivity contribution >= 4 is 11.9 Å². The Balaban J connectivity index is 2.51. The third-order valence-electron chi connectivity index (χ3n) is 3.88. The molecule has 0 spiro atoms. The predicted octanol–water partition coefficient (Wildman–Crippen LogP) is 1.10. The number of carbonyl (C=O) groups excluding carboxylic acids is 2. The van der Waals surface area contributed by atoms with E-state index in [2.05, 4.69) is 0 Å². The van der Waals surface area contributed by atoms with Crippen LogP contribution in [-0.2, 0) is 28.5 Å². The van der Waals surface area contributed by atoms with E-state index in [-0.39, 0.29) is 23.7 Å². The second kappa shape index (κ2) is 12.2. The molecule has 7 nitrogen and oxygen atoms in total. The Kier molecular flexibility index (Phi) is 10.6. The van der Waals surface area contributed by atoms with Crippen LogP contribution in [0.2, 0.25) is 0 Å². The van der Waals surface area contributed by atoms with Crippen molar-refractivity contribution in [2.45, 2.75) is 27.2 Å². The molecule has 0 N–H and O–H groups in total. The average molecular weight is 345 g/mol. The van der Waals surface area contributed by atoms with Gasteiger partial charge in [-0.25, -0.2) is 0 Å². The largest absolute Gasteiger partial charge is 0.466 e. The van der Waals surface area contributed by atoms with Crippen molar-refractivity contribution in [2.24, 2.45) is 11.8 Å². The van der Waals surface area contributed by atoms with Gasteiger partial charge in [0.05, 0.1) is 52.2 Å². The number of amides is 1. The maximum atomic E-state index is 12.7. The standard InChI is InChI=1S/C17H31NO6/c1-4-24-17(20)15(3)13-14(2)16(19)18-5-7-21-9-11-23-12-10-22-8-6-18/h14-15H,4-13H2,1-3H3/t14-,15-/m0/s1. The minimum atomic E-state index is -0.291. The summed E-state index contributed by atoms with van der Waals surface area (Å²) in [5, 5.41) is 0. The van der Waals surface area contributed by atoms with Crippen molar-refractivity contribution in [1.29, 1.82) is 0 Å². The van der Waals surface area contributed by atoms with Crippen LogP contribution in [-0.4, -0.2) is 76.1 Å². The van der Waals surface area contributed by atoms with Crippen LogP contribution >= 0.6 is 0 Å². The highest BCUT2D eigenvalue weighted by atomic mass is 16.5. The third kappa shape index (κ3) is 8.08. The molecule has 1 fully saturated rings. The van der Waals surface area contributed by atoms with E-state index >= 15 is 0 Å². The SMILES string of the molecule is CCOC(=O)[C@@H](C)C[C@H](C)C(=O)N1CCOCCOCCOCC1. The summed E-state index contributed by atoms with van der Waals surface area (Å²) in [7, 11) is 0. The van der Waals surface area contributed by atoms with Crippen LogP contribution in [0.4, 0.5) is 0 Å². The average Bonchev–Trinajstić information content (AvgIpc) is 2.55. The first-order chi connectivity index (χ1) is 11.6. The van der Waals surface area contributed by atoms with Gasteiger partial charge in [-0.2, -0.15) is 0 Å². The lowest BCUT2D eigenvalue weighted by atomic mass is 9.96. The van der Waals surface area contributed by atoms with E-state index in [1.54, 1.807) is 18.7 Å². The molecule has 0 aromatic carbocycles. The van der Waals surface area contributed by atoms with Gasteiger partial charge in [0.15, 0.2) is 0 Å². The molecule has 1 amide bonds. The van der Waals surface area contributed by atoms with Gasteiger partial charge in [-0.05, 0) is 13.3 Å². The lowest BCUT2D eigenvalue weighted by molar-refractivity contribution is -0.148. The predicted molar refractivity (Wildman–Crippen MR) is 88.6 cm³/mol. The highest BCUT2D eigenvalue weighted by Crippen LogP contribution is 2.16. The summed E-state index contributed by atoms with van der Waals surface area (Å²) in [6, 6.07) is 0. The van der Waals surface area contributed by atoms with Crippen molar-refractivity contribution in [3.63, 3.8) is 0 Å². The first-order valence-electron chi connectivity index (χ1n) is 8.74. The fraction of sp³-hybridized carbons (Fsp3) is 0.882. The zero-order valence-electron chi connectivity index (χ0n) is 15.1. The monoisotopic (exact) mass is 345 g/mol. The van der Waals surface area contributed by atoms with E-state index in [1.165, 1.54) is 0 Å². The molecule has 24 heavy (non-hydrogen) atoms. The van der Waals surface area contributed by atoms with E-state index < -0.39 is 0 Å². The Bertz CT molecular complexity index is 364. The molecule has 0 aromatic rings. The highest BCUT2D eigenvalue weighted by Gasteiger charge is 2.25. The highest BCUT2D eigenvalue weighted by molar-refractivity contribution is 5.80. The lowest BCUT2D eigenvalue weighted by Gasteiger charge is -2.27. The van der Waals surface area contributed by atoms with E-state index in [0.29, 0.717) is 65.8 Å². The minimum absolute atomic E-state index is 0.0201. The maximum absolute atomic E-state index is 12.7. The van der Waals surface area contributed by atoms with Crippen molar-refractivity contribution in [3.8, 4) is 0 Å². The number of esters is 1. The summed E-state index contributed by atoms with van der Waals surface area (Å²) >= 11 is 0.